The molecule has 8 aromatic rings. The van der Waals surface area contributed by atoms with Crippen LogP contribution in [0.1, 0.15) is 0 Å². The van der Waals surface area contributed by atoms with Gasteiger partial charge in [0.2, 0.25) is 0 Å². The number of fused-ring (bicyclic) bond motifs is 6. The van der Waals surface area contributed by atoms with Crippen molar-refractivity contribution in [2.24, 2.45) is 0 Å². The molecule has 0 radical (unpaired) electrons. The van der Waals surface area contributed by atoms with Gasteiger partial charge in [-0.3, -0.25) is 0 Å². The number of hydrogen-bond donors (Lipinski definition) is 0. The van der Waals surface area contributed by atoms with Crippen LogP contribution in [-0.2, 0) is 21.1 Å². The fraction of sp³-hybridized carbons (Fsp3) is 0. The summed E-state index contributed by atoms with van der Waals surface area (Å²) in [4.78, 5) is 4.55. The van der Waals surface area contributed by atoms with E-state index in [2.05, 4.69) is 117 Å². The molecule has 0 atom stereocenters. The summed E-state index contributed by atoms with van der Waals surface area (Å²) in [6.45, 7) is 0. The molecule has 5 aromatic carbocycles. The van der Waals surface area contributed by atoms with E-state index in [0.29, 0.717) is 0 Å². The average molecular weight is 678 g/mol. The molecule has 0 amide bonds. The van der Waals surface area contributed by atoms with Crippen LogP contribution in [0.5, 0.6) is 0 Å². The Morgan fingerprint density at radius 3 is 1.85 bits per heavy atom. The predicted octanol–water partition coefficient (Wildman–Crippen LogP) is 8.34. The second kappa shape index (κ2) is 9.38. The van der Waals surface area contributed by atoms with E-state index in [1.807, 2.05) is 36.5 Å². The molecule has 3 aromatic heterocycles. The molecule has 39 heavy (non-hydrogen) atoms. The molecule has 0 saturated heterocycles. The number of aromatic nitrogens is 3. The van der Waals surface area contributed by atoms with Gasteiger partial charge < -0.3 is 14.1 Å². The minimum atomic E-state index is 0. The van der Waals surface area contributed by atoms with Crippen molar-refractivity contribution < 1.29 is 21.1 Å². The number of pyridine rings is 1. The number of nitrogens with zero attached hydrogens (tertiary/aromatic N) is 3. The van der Waals surface area contributed by atoms with Gasteiger partial charge in [-0.15, -0.1) is 52.7 Å². The molecule has 0 aliphatic rings. The summed E-state index contributed by atoms with van der Waals surface area (Å²) < 4.78 is 4.54. The van der Waals surface area contributed by atoms with Crippen molar-refractivity contribution in [1.29, 1.82) is 0 Å². The molecule has 0 aliphatic carbocycles. The molecule has 0 saturated carbocycles. The maximum Gasteiger partial charge on any atom is 0.0379 e. The van der Waals surface area contributed by atoms with Gasteiger partial charge >= 0.3 is 0 Å². The van der Waals surface area contributed by atoms with Gasteiger partial charge in [0.05, 0.1) is 0 Å². The molecule has 0 bridgehead atoms. The zero-order valence-electron chi connectivity index (χ0n) is 20.7. The zero-order chi connectivity index (χ0) is 25.1. The van der Waals surface area contributed by atoms with Crippen LogP contribution in [0, 0.1) is 18.2 Å². The summed E-state index contributed by atoms with van der Waals surface area (Å²) in [6, 6.07) is 50.7. The Morgan fingerprint density at radius 2 is 1.18 bits per heavy atom. The summed E-state index contributed by atoms with van der Waals surface area (Å²) in [5, 5.41) is 4.75. The molecule has 4 heteroatoms. The summed E-state index contributed by atoms with van der Waals surface area (Å²) in [6.07, 6.45) is 1.82. The van der Waals surface area contributed by atoms with Crippen LogP contribution in [0.15, 0.2) is 121 Å². The van der Waals surface area contributed by atoms with Crippen molar-refractivity contribution >= 4 is 43.6 Å². The van der Waals surface area contributed by atoms with Gasteiger partial charge in [-0.1, -0.05) is 65.3 Å². The monoisotopic (exact) mass is 677 g/mol. The average Bonchev–Trinajstić information content (AvgIpc) is 3.49. The first-order valence-electron chi connectivity index (χ1n) is 12.7. The topological polar surface area (TPSA) is 22.8 Å². The molecule has 3 nitrogen and oxygen atoms in total. The van der Waals surface area contributed by atoms with Crippen LogP contribution in [0.25, 0.3) is 66.2 Å². The normalized spacial score (nSPS) is 11.4. The van der Waals surface area contributed by atoms with Crippen LogP contribution < -0.4 is 0 Å². The SMILES string of the molecule is [Pt].[c-]1ccccc1-n1c2[c-]c3c(cc2c2ccccc21)c1ccccc1n3-c1[c-]c(-c2ccccn2)ccc1. The number of benzene rings is 5. The molecule has 0 fully saturated rings. The largest absolute Gasteiger partial charge is 0.358 e. The Morgan fingerprint density at radius 1 is 0.538 bits per heavy atom. The Balaban J connectivity index is 0.00000253. The third-order valence-electron chi connectivity index (χ3n) is 7.25. The molecule has 0 spiro atoms. The van der Waals surface area contributed by atoms with Crippen LogP contribution in [-0.4, -0.2) is 14.1 Å². The fourth-order valence-corrected chi connectivity index (χ4v) is 5.61. The first-order valence-corrected chi connectivity index (χ1v) is 12.7. The number of hydrogen-bond acceptors (Lipinski definition) is 1. The first-order chi connectivity index (χ1) is 18.9. The quantitative estimate of drug-likeness (QED) is 0.173. The van der Waals surface area contributed by atoms with E-state index in [1.165, 1.54) is 21.5 Å². The van der Waals surface area contributed by atoms with E-state index in [-0.39, 0.29) is 21.1 Å². The second-order valence-corrected chi connectivity index (χ2v) is 9.41. The van der Waals surface area contributed by atoms with Crippen molar-refractivity contribution in [3.05, 3.63) is 140 Å². The van der Waals surface area contributed by atoms with E-state index in [9.17, 15) is 0 Å². The third-order valence-corrected chi connectivity index (χ3v) is 7.25. The van der Waals surface area contributed by atoms with Crippen LogP contribution in [0.2, 0.25) is 0 Å². The van der Waals surface area contributed by atoms with Crippen molar-refractivity contribution in [2.75, 3.05) is 0 Å². The van der Waals surface area contributed by atoms with E-state index in [4.69, 9.17) is 0 Å². The fourth-order valence-electron chi connectivity index (χ4n) is 5.61. The summed E-state index contributed by atoms with van der Waals surface area (Å²) in [5.41, 5.74) is 8.16. The predicted molar refractivity (Wildman–Crippen MR) is 155 cm³/mol. The zero-order valence-corrected chi connectivity index (χ0v) is 23.0. The van der Waals surface area contributed by atoms with Crippen molar-refractivity contribution in [1.82, 2.24) is 14.1 Å². The van der Waals surface area contributed by atoms with Crippen LogP contribution in [0.4, 0.5) is 0 Å². The standard InChI is InChI=1S/C35H20N3.Pt/c1-2-12-25(13-3-1)37-32-18-6-4-15-27(32)29-22-30-28-16-5-7-19-33(28)38(35(30)23-34(29)37)26-14-10-11-24(21-26)31-17-8-9-20-36-31;/h1-12,14-20,22H;/q-3;. The van der Waals surface area contributed by atoms with E-state index in [0.717, 1.165) is 44.7 Å². The second-order valence-electron chi connectivity index (χ2n) is 9.41. The molecule has 0 aliphatic heterocycles. The Kier molecular flexibility index (Phi) is 5.68. The van der Waals surface area contributed by atoms with Gasteiger partial charge in [0.1, 0.15) is 0 Å². The molecular formula is C35H20N3Pt-3. The van der Waals surface area contributed by atoms with E-state index >= 15 is 0 Å². The molecule has 8 rings (SSSR count). The first kappa shape index (κ1) is 23.6. The van der Waals surface area contributed by atoms with Crippen molar-refractivity contribution in [2.45, 2.75) is 0 Å². The number of rotatable bonds is 3. The maximum atomic E-state index is 4.55. The molecular weight excluding hydrogens is 657 g/mol. The Labute approximate surface area is 240 Å². The minimum absolute atomic E-state index is 0. The molecule has 0 unspecified atom stereocenters. The van der Waals surface area contributed by atoms with Gasteiger partial charge in [0.25, 0.3) is 0 Å². The smallest absolute Gasteiger partial charge is 0.0379 e. The van der Waals surface area contributed by atoms with Crippen LogP contribution in [0.3, 0.4) is 0 Å². The van der Waals surface area contributed by atoms with Gasteiger partial charge in [0, 0.05) is 38.3 Å². The van der Waals surface area contributed by atoms with Gasteiger partial charge in [-0.05, 0) is 40.4 Å². The number of para-hydroxylation sites is 3. The third kappa shape index (κ3) is 3.65. The Hall–Kier alpha value is -4.46. The summed E-state index contributed by atoms with van der Waals surface area (Å²) in [5.74, 6) is 0. The van der Waals surface area contributed by atoms with Gasteiger partial charge in [0.15, 0.2) is 0 Å². The van der Waals surface area contributed by atoms with Crippen LogP contribution >= 0.6 is 0 Å². The Bertz CT molecular complexity index is 2120. The molecule has 3 heterocycles. The van der Waals surface area contributed by atoms with Crippen molar-refractivity contribution in [3.63, 3.8) is 0 Å². The van der Waals surface area contributed by atoms with Crippen molar-refractivity contribution in [3.8, 4) is 22.6 Å². The van der Waals surface area contributed by atoms with Gasteiger partial charge in [-0.25, -0.2) is 0 Å². The van der Waals surface area contributed by atoms with E-state index in [1.54, 1.807) is 0 Å². The minimum Gasteiger partial charge on any atom is -0.358 e. The molecule has 0 N–H and O–H groups in total. The molecule has 188 valence electrons. The summed E-state index contributed by atoms with van der Waals surface area (Å²) in [7, 11) is 0. The van der Waals surface area contributed by atoms with Gasteiger partial charge in [-0.2, -0.15) is 30.3 Å². The van der Waals surface area contributed by atoms with E-state index < -0.39 is 0 Å². The summed E-state index contributed by atoms with van der Waals surface area (Å²) >= 11 is 0. The maximum absolute atomic E-state index is 4.55.